The van der Waals surface area contributed by atoms with Crippen molar-refractivity contribution in [1.82, 2.24) is 0 Å². The number of ether oxygens (including phenoxy) is 1. The molecule has 0 amide bonds. The fraction of sp³-hybridized carbons (Fsp3) is 0.167. The van der Waals surface area contributed by atoms with Crippen LogP contribution < -0.4 is 4.74 Å². The highest BCUT2D eigenvalue weighted by molar-refractivity contribution is 5.69. The zero-order valence-electron chi connectivity index (χ0n) is 7.92. The van der Waals surface area contributed by atoms with E-state index in [0.29, 0.717) is 5.75 Å². The van der Waals surface area contributed by atoms with E-state index in [-0.39, 0.29) is 5.75 Å². The van der Waals surface area contributed by atoms with Crippen molar-refractivity contribution in [2.24, 2.45) is 0 Å². The summed E-state index contributed by atoms with van der Waals surface area (Å²) < 4.78 is 5.21. The van der Waals surface area contributed by atoms with Crippen LogP contribution in [0.1, 0.15) is 11.1 Å². The molecular formula is C12H12O2. The number of allylic oxidation sites excluding steroid dienone is 2. The van der Waals surface area contributed by atoms with Crippen molar-refractivity contribution in [3.63, 3.8) is 0 Å². The minimum absolute atomic E-state index is 0.227. The van der Waals surface area contributed by atoms with Crippen LogP contribution in [0.3, 0.4) is 0 Å². The zero-order chi connectivity index (χ0) is 10.1. The Morgan fingerprint density at radius 1 is 1.21 bits per heavy atom. The Morgan fingerprint density at radius 2 is 1.93 bits per heavy atom. The highest BCUT2D eigenvalue weighted by Gasteiger charge is 2.30. The van der Waals surface area contributed by atoms with Crippen LogP contribution in [-0.4, -0.2) is 5.11 Å². The monoisotopic (exact) mass is 188 g/mol. The summed E-state index contributed by atoms with van der Waals surface area (Å²) in [5, 5.41) is 9.49. The summed E-state index contributed by atoms with van der Waals surface area (Å²) in [5.74, 6) is 1.67. The average molecular weight is 188 g/mol. The van der Waals surface area contributed by atoms with Gasteiger partial charge in [0.1, 0.15) is 0 Å². The third kappa shape index (κ3) is 1.29. The van der Waals surface area contributed by atoms with Gasteiger partial charge < -0.3 is 9.84 Å². The lowest BCUT2D eigenvalue weighted by Gasteiger charge is -2.02. The van der Waals surface area contributed by atoms with Gasteiger partial charge in [0.2, 0.25) is 5.75 Å². The van der Waals surface area contributed by atoms with E-state index in [4.69, 9.17) is 4.74 Å². The highest BCUT2D eigenvalue weighted by Crippen LogP contribution is 2.55. The number of hydrogen-bond donors (Lipinski definition) is 1. The maximum Gasteiger partial charge on any atom is 0.211 e. The molecule has 0 aromatic heterocycles. The molecule has 1 aromatic rings. The molecular weight excluding hydrogens is 176 g/mol. The molecule has 2 nitrogen and oxygen atoms in total. The molecule has 14 heavy (non-hydrogen) atoms. The Bertz CT molecular complexity index is 405. The van der Waals surface area contributed by atoms with Gasteiger partial charge in [0, 0.05) is 5.56 Å². The molecule has 0 aliphatic carbocycles. The van der Waals surface area contributed by atoms with E-state index >= 15 is 0 Å². The summed E-state index contributed by atoms with van der Waals surface area (Å²) in [6.45, 7) is 7.39. The van der Waals surface area contributed by atoms with Crippen molar-refractivity contribution in [1.29, 1.82) is 0 Å². The molecule has 1 aliphatic heterocycles. The highest BCUT2D eigenvalue weighted by atomic mass is 16.6. The van der Waals surface area contributed by atoms with Gasteiger partial charge in [0.25, 0.3) is 0 Å². The van der Waals surface area contributed by atoms with Crippen LogP contribution in [0.25, 0.3) is 0 Å². The molecule has 0 bridgehead atoms. The Labute approximate surface area is 83.1 Å². The summed E-state index contributed by atoms with van der Waals surface area (Å²) in [6.07, 6.45) is 5.16. The molecule has 0 unspecified atom stereocenters. The van der Waals surface area contributed by atoms with Gasteiger partial charge in [-0.3, -0.25) is 0 Å². The number of aromatic hydroxyl groups is 1. The van der Waals surface area contributed by atoms with Gasteiger partial charge in [-0.05, 0) is 24.5 Å². The molecule has 0 saturated carbocycles. The summed E-state index contributed by atoms with van der Waals surface area (Å²) in [6, 6.07) is 1.74. The van der Waals surface area contributed by atoms with Gasteiger partial charge in [0.05, 0.1) is 0 Å². The van der Waals surface area contributed by atoms with Crippen molar-refractivity contribution in [3.8, 4) is 17.2 Å². The van der Waals surface area contributed by atoms with E-state index in [1.807, 2.05) is 12.2 Å². The smallest absolute Gasteiger partial charge is 0.211 e. The Kier molecular flexibility index (Phi) is 2.04. The predicted octanol–water partition coefficient (Wildman–Crippen LogP) is 2.95. The molecule has 0 atom stereocenters. The second-order valence-corrected chi connectivity index (χ2v) is 3.28. The fourth-order valence-corrected chi connectivity index (χ4v) is 1.61. The molecule has 1 aromatic carbocycles. The largest absolute Gasteiger partial charge is 0.504 e. The first-order valence-corrected chi connectivity index (χ1v) is 4.55. The minimum atomic E-state index is 0.227. The first-order chi connectivity index (χ1) is 6.77. The number of rotatable bonds is 4. The molecule has 1 N–H and O–H groups in total. The second kappa shape index (κ2) is 3.22. The lowest BCUT2D eigenvalue weighted by Crippen LogP contribution is -1.88. The Balaban J connectivity index is 2.46. The van der Waals surface area contributed by atoms with Crippen molar-refractivity contribution >= 4 is 0 Å². The van der Waals surface area contributed by atoms with Crippen LogP contribution in [0.15, 0.2) is 31.4 Å². The van der Waals surface area contributed by atoms with Gasteiger partial charge >= 0.3 is 0 Å². The first-order valence-electron chi connectivity index (χ1n) is 4.55. The van der Waals surface area contributed by atoms with Crippen LogP contribution >= 0.6 is 0 Å². The Hall–Kier alpha value is -1.70. The number of phenols is 1. The van der Waals surface area contributed by atoms with Crippen molar-refractivity contribution in [2.45, 2.75) is 12.8 Å². The molecule has 0 radical (unpaired) electrons. The Morgan fingerprint density at radius 3 is 2.57 bits per heavy atom. The number of phenolic OH excluding ortho intramolecular Hbond substituents is 1. The molecule has 1 heterocycles. The summed E-state index contributed by atoms with van der Waals surface area (Å²) in [5.41, 5.74) is 2.18. The molecule has 72 valence electrons. The predicted molar refractivity (Wildman–Crippen MR) is 56.0 cm³/mol. The molecule has 2 rings (SSSR count). The number of hydrogen-bond acceptors (Lipinski definition) is 2. The van der Waals surface area contributed by atoms with E-state index in [2.05, 4.69) is 13.2 Å². The van der Waals surface area contributed by atoms with Crippen LogP contribution in [0.5, 0.6) is 17.2 Å². The van der Waals surface area contributed by atoms with E-state index in [1.54, 1.807) is 6.07 Å². The van der Waals surface area contributed by atoms with E-state index < -0.39 is 0 Å². The molecule has 1 aliphatic rings. The van der Waals surface area contributed by atoms with Crippen LogP contribution in [0.4, 0.5) is 0 Å². The summed E-state index contributed by atoms with van der Waals surface area (Å²) >= 11 is 0. The molecule has 0 spiro atoms. The normalized spacial score (nSPS) is 11.4. The quantitative estimate of drug-likeness (QED) is 0.591. The first kappa shape index (κ1) is 8.88. The maximum absolute atomic E-state index is 9.49. The minimum Gasteiger partial charge on any atom is -0.504 e. The van der Waals surface area contributed by atoms with Crippen molar-refractivity contribution in [3.05, 3.63) is 42.5 Å². The van der Waals surface area contributed by atoms with Crippen molar-refractivity contribution in [2.75, 3.05) is 0 Å². The number of benzene rings is 1. The zero-order valence-corrected chi connectivity index (χ0v) is 7.92. The van der Waals surface area contributed by atoms with Crippen LogP contribution in [0, 0.1) is 0 Å². The van der Waals surface area contributed by atoms with Crippen molar-refractivity contribution < 1.29 is 9.84 Å². The van der Waals surface area contributed by atoms with Gasteiger partial charge in [0.15, 0.2) is 11.5 Å². The topological polar surface area (TPSA) is 32.8 Å². The third-order valence-corrected chi connectivity index (χ3v) is 2.29. The van der Waals surface area contributed by atoms with E-state index in [1.165, 1.54) is 0 Å². The van der Waals surface area contributed by atoms with Gasteiger partial charge in [-0.1, -0.05) is 12.2 Å². The fourth-order valence-electron chi connectivity index (χ4n) is 1.61. The van der Waals surface area contributed by atoms with Gasteiger partial charge in [-0.25, -0.2) is 0 Å². The molecule has 0 saturated heterocycles. The maximum atomic E-state index is 9.49. The molecule has 2 heteroatoms. The third-order valence-electron chi connectivity index (χ3n) is 2.29. The van der Waals surface area contributed by atoms with Gasteiger partial charge in [-0.15, -0.1) is 13.2 Å². The van der Waals surface area contributed by atoms with Gasteiger partial charge in [-0.2, -0.15) is 0 Å². The summed E-state index contributed by atoms with van der Waals surface area (Å²) in [4.78, 5) is 0. The van der Waals surface area contributed by atoms with Crippen LogP contribution in [0.2, 0.25) is 0 Å². The summed E-state index contributed by atoms with van der Waals surface area (Å²) in [7, 11) is 0. The number of fused-ring (bicyclic) bond motifs is 1. The molecule has 0 fully saturated rings. The SMILES string of the molecule is C=CCc1cc(O)c2c(c1CC=C)O2. The van der Waals surface area contributed by atoms with Crippen LogP contribution in [-0.2, 0) is 12.8 Å². The lowest BCUT2D eigenvalue weighted by atomic mass is 10.0. The van der Waals surface area contributed by atoms with E-state index in [9.17, 15) is 5.11 Å². The average Bonchev–Trinajstić information content (AvgIpc) is 2.92. The lowest BCUT2D eigenvalue weighted by molar-refractivity contribution is 0.463. The van der Waals surface area contributed by atoms with E-state index in [0.717, 1.165) is 29.7 Å². The second-order valence-electron chi connectivity index (χ2n) is 3.28. The standard InChI is InChI=1S/C12H12O2/c1-3-5-8-7-10(13)12-11(14-12)9(8)6-4-2/h3-4,7,13H,1-2,5-6H2.